The second-order valence-electron chi connectivity index (χ2n) is 4.28. The number of thiophene rings is 1. The van der Waals surface area contributed by atoms with Gasteiger partial charge in [-0.3, -0.25) is 0 Å². The highest BCUT2D eigenvalue weighted by atomic mass is 32.1. The molecule has 0 bridgehead atoms. The average molecular weight is 252 g/mol. The summed E-state index contributed by atoms with van der Waals surface area (Å²) in [6.07, 6.45) is 1.65. The molecule has 0 radical (unpaired) electrons. The Bertz CT molecular complexity index is 371. The lowest BCUT2D eigenvalue weighted by molar-refractivity contribution is 0.112. The van der Waals surface area contributed by atoms with Crippen molar-refractivity contribution in [2.75, 3.05) is 13.2 Å². The first-order chi connectivity index (χ1) is 8.22. The second kappa shape index (κ2) is 8.30. The van der Waals surface area contributed by atoms with Crippen LogP contribution in [0.5, 0.6) is 0 Å². The SMILES string of the molecule is CC(C)CCOCc1ccc(C#CCCO)s1. The summed E-state index contributed by atoms with van der Waals surface area (Å²) in [6, 6.07) is 4.07. The minimum atomic E-state index is 0.129. The van der Waals surface area contributed by atoms with E-state index >= 15 is 0 Å². The van der Waals surface area contributed by atoms with Crippen molar-refractivity contribution in [1.29, 1.82) is 0 Å². The van der Waals surface area contributed by atoms with Gasteiger partial charge in [-0.15, -0.1) is 11.3 Å². The normalized spacial score (nSPS) is 10.4. The maximum absolute atomic E-state index is 8.62. The van der Waals surface area contributed by atoms with Crippen LogP contribution in [0.15, 0.2) is 12.1 Å². The summed E-state index contributed by atoms with van der Waals surface area (Å²) < 4.78 is 5.59. The Hall–Kier alpha value is -0.820. The molecule has 0 aliphatic carbocycles. The zero-order valence-electron chi connectivity index (χ0n) is 10.5. The molecule has 0 aromatic carbocycles. The first-order valence-electron chi connectivity index (χ1n) is 5.98. The third-order valence-electron chi connectivity index (χ3n) is 2.19. The first kappa shape index (κ1) is 14.2. The zero-order valence-corrected chi connectivity index (χ0v) is 11.3. The van der Waals surface area contributed by atoms with Crippen molar-refractivity contribution in [2.24, 2.45) is 5.92 Å². The molecule has 0 saturated carbocycles. The topological polar surface area (TPSA) is 29.5 Å². The van der Waals surface area contributed by atoms with Crippen LogP contribution in [-0.2, 0) is 11.3 Å². The predicted molar refractivity (Wildman–Crippen MR) is 72.0 cm³/mol. The third kappa shape index (κ3) is 6.48. The smallest absolute Gasteiger partial charge is 0.0809 e. The molecule has 1 N–H and O–H groups in total. The summed E-state index contributed by atoms with van der Waals surface area (Å²) in [6.45, 7) is 6.02. The molecule has 94 valence electrons. The van der Waals surface area contributed by atoms with Gasteiger partial charge in [-0.25, -0.2) is 0 Å². The third-order valence-corrected chi connectivity index (χ3v) is 3.17. The quantitative estimate of drug-likeness (QED) is 0.623. The Kier molecular flexibility index (Phi) is 6.95. The van der Waals surface area contributed by atoms with Gasteiger partial charge in [-0.1, -0.05) is 25.7 Å². The summed E-state index contributed by atoms with van der Waals surface area (Å²) in [5.74, 6) is 6.64. The van der Waals surface area contributed by atoms with Crippen LogP contribution in [0.4, 0.5) is 0 Å². The molecule has 0 saturated heterocycles. The maximum atomic E-state index is 8.62. The van der Waals surface area contributed by atoms with Gasteiger partial charge in [0.1, 0.15) is 0 Å². The minimum Gasteiger partial charge on any atom is -0.395 e. The van der Waals surface area contributed by atoms with Crippen molar-refractivity contribution in [3.05, 3.63) is 21.9 Å². The lowest BCUT2D eigenvalue weighted by Crippen LogP contribution is -1.98. The lowest BCUT2D eigenvalue weighted by Gasteiger charge is -2.04. The van der Waals surface area contributed by atoms with Gasteiger partial charge < -0.3 is 9.84 Å². The molecule has 0 aliphatic heterocycles. The van der Waals surface area contributed by atoms with Gasteiger partial charge >= 0.3 is 0 Å². The molecular formula is C14H20O2S. The fraction of sp³-hybridized carbons (Fsp3) is 0.571. The molecule has 0 spiro atoms. The van der Waals surface area contributed by atoms with Gasteiger partial charge in [0.25, 0.3) is 0 Å². The summed E-state index contributed by atoms with van der Waals surface area (Å²) in [4.78, 5) is 2.25. The van der Waals surface area contributed by atoms with Gasteiger partial charge in [0.05, 0.1) is 18.1 Å². The number of rotatable bonds is 6. The van der Waals surface area contributed by atoms with Crippen LogP contribution in [-0.4, -0.2) is 18.3 Å². The molecule has 1 aromatic heterocycles. The molecule has 0 atom stereocenters. The van der Waals surface area contributed by atoms with Crippen molar-refractivity contribution < 1.29 is 9.84 Å². The van der Waals surface area contributed by atoms with Crippen LogP contribution in [0.2, 0.25) is 0 Å². The van der Waals surface area contributed by atoms with Crippen LogP contribution < -0.4 is 0 Å². The van der Waals surface area contributed by atoms with Crippen LogP contribution in [0.3, 0.4) is 0 Å². The Labute approximate surface area is 108 Å². The summed E-state index contributed by atoms with van der Waals surface area (Å²) in [5, 5.41) is 8.62. The Morgan fingerprint density at radius 1 is 1.41 bits per heavy atom. The van der Waals surface area contributed by atoms with E-state index in [1.165, 1.54) is 4.88 Å². The number of aliphatic hydroxyl groups is 1. The van der Waals surface area contributed by atoms with E-state index in [0.717, 1.165) is 17.9 Å². The van der Waals surface area contributed by atoms with E-state index in [1.54, 1.807) is 11.3 Å². The summed E-state index contributed by atoms with van der Waals surface area (Å²) in [7, 11) is 0. The first-order valence-corrected chi connectivity index (χ1v) is 6.80. The van der Waals surface area contributed by atoms with Crippen molar-refractivity contribution >= 4 is 11.3 Å². The molecule has 2 nitrogen and oxygen atoms in total. The molecule has 0 unspecified atom stereocenters. The highest BCUT2D eigenvalue weighted by Gasteiger charge is 1.99. The van der Waals surface area contributed by atoms with Gasteiger partial charge in [0.2, 0.25) is 0 Å². The van der Waals surface area contributed by atoms with Gasteiger partial charge in [-0.2, -0.15) is 0 Å². The highest BCUT2D eigenvalue weighted by molar-refractivity contribution is 7.12. The van der Waals surface area contributed by atoms with Gasteiger partial charge in [0, 0.05) is 17.9 Å². The number of ether oxygens (including phenoxy) is 1. The maximum Gasteiger partial charge on any atom is 0.0809 e. The number of hydrogen-bond acceptors (Lipinski definition) is 3. The van der Waals surface area contributed by atoms with E-state index in [9.17, 15) is 0 Å². The van der Waals surface area contributed by atoms with E-state index in [0.29, 0.717) is 18.9 Å². The van der Waals surface area contributed by atoms with E-state index in [2.05, 4.69) is 31.8 Å². The van der Waals surface area contributed by atoms with Crippen molar-refractivity contribution in [1.82, 2.24) is 0 Å². The largest absolute Gasteiger partial charge is 0.395 e. The predicted octanol–water partition coefficient (Wildman–Crippen LogP) is 3.04. The molecule has 0 amide bonds. The van der Waals surface area contributed by atoms with E-state index < -0.39 is 0 Å². The molecule has 1 rings (SSSR count). The number of aliphatic hydroxyl groups excluding tert-OH is 1. The average Bonchev–Trinajstić information content (AvgIpc) is 2.73. The van der Waals surface area contributed by atoms with Crippen molar-refractivity contribution in [2.45, 2.75) is 33.3 Å². The fourth-order valence-electron chi connectivity index (χ4n) is 1.22. The highest BCUT2D eigenvalue weighted by Crippen LogP contribution is 2.16. The lowest BCUT2D eigenvalue weighted by atomic mass is 10.1. The molecular weight excluding hydrogens is 232 g/mol. The van der Waals surface area contributed by atoms with Gasteiger partial charge in [0.15, 0.2) is 0 Å². The second-order valence-corrected chi connectivity index (χ2v) is 5.44. The molecule has 3 heteroatoms. The summed E-state index contributed by atoms with van der Waals surface area (Å²) >= 11 is 1.66. The molecule has 1 heterocycles. The summed E-state index contributed by atoms with van der Waals surface area (Å²) in [5.41, 5.74) is 0. The fourth-order valence-corrected chi connectivity index (χ4v) is 2.04. The molecule has 1 aromatic rings. The Balaban J connectivity index is 2.29. The van der Waals surface area contributed by atoms with Crippen LogP contribution >= 0.6 is 11.3 Å². The van der Waals surface area contributed by atoms with Gasteiger partial charge in [-0.05, 0) is 24.5 Å². The zero-order chi connectivity index (χ0) is 12.5. The molecule has 17 heavy (non-hydrogen) atoms. The molecule has 0 fully saturated rings. The Morgan fingerprint density at radius 3 is 2.94 bits per heavy atom. The van der Waals surface area contributed by atoms with Crippen molar-refractivity contribution in [3.63, 3.8) is 0 Å². The van der Waals surface area contributed by atoms with E-state index in [-0.39, 0.29) is 6.61 Å². The van der Waals surface area contributed by atoms with Crippen LogP contribution in [0, 0.1) is 17.8 Å². The monoisotopic (exact) mass is 252 g/mol. The minimum absolute atomic E-state index is 0.129. The van der Waals surface area contributed by atoms with Crippen molar-refractivity contribution in [3.8, 4) is 11.8 Å². The van der Waals surface area contributed by atoms with E-state index in [1.807, 2.05) is 6.07 Å². The number of hydrogen-bond donors (Lipinski definition) is 1. The van der Waals surface area contributed by atoms with Crippen LogP contribution in [0.1, 0.15) is 36.4 Å². The standard InChI is InChI=1S/C14H20O2S/c1-12(2)8-10-16-11-14-7-6-13(17-14)5-3-4-9-15/h6-7,12,15H,4,8-11H2,1-2H3. The van der Waals surface area contributed by atoms with E-state index in [4.69, 9.17) is 9.84 Å². The van der Waals surface area contributed by atoms with Crippen LogP contribution in [0.25, 0.3) is 0 Å². The molecule has 0 aliphatic rings. The Morgan fingerprint density at radius 2 is 2.24 bits per heavy atom.